The molecule has 1 atom stereocenters. The van der Waals surface area contributed by atoms with Gasteiger partial charge < -0.3 is 15.0 Å². The molecule has 1 aromatic heterocycles. The first-order chi connectivity index (χ1) is 10.2. The Labute approximate surface area is 124 Å². The van der Waals surface area contributed by atoms with Crippen LogP contribution in [-0.2, 0) is 11.3 Å². The average Bonchev–Trinajstić information content (AvgIpc) is 3.26. The number of hydrogen-bond donors (Lipinski definition) is 2. The van der Waals surface area contributed by atoms with Crippen molar-refractivity contribution in [2.24, 2.45) is 5.92 Å². The Hall–Kier alpha value is -1.81. The number of para-hydroxylation sites is 1. The van der Waals surface area contributed by atoms with Crippen LogP contribution >= 0.6 is 0 Å². The van der Waals surface area contributed by atoms with E-state index in [1.807, 2.05) is 29.0 Å². The number of fused-ring (bicyclic) bond motifs is 1. The Balaban J connectivity index is 1.71. The molecule has 0 radical (unpaired) electrons. The summed E-state index contributed by atoms with van der Waals surface area (Å²) in [6, 6.07) is 8.27. The zero-order valence-corrected chi connectivity index (χ0v) is 12.4. The molecule has 1 aliphatic rings. The number of rotatable bonds is 6. The largest absolute Gasteiger partial charge is 0.396 e. The molecule has 0 aliphatic heterocycles. The van der Waals surface area contributed by atoms with Gasteiger partial charge in [-0.2, -0.15) is 0 Å². The second-order valence-electron chi connectivity index (χ2n) is 5.98. The maximum absolute atomic E-state index is 12.3. The minimum atomic E-state index is 0.0288. The maximum Gasteiger partial charge on any atom is 0.240 e. The molecule has 1 aromatic carbocycles. The molecule has 1 aliphatic carbocycles. The molecule has 0 spiro atoms. The Bertz CT molecular complexity index is 643. The van der Waals surface area contributed by atoms with Gasteiger partial charge in [0, 0.05) is 29.7 Å². The third kappa shape index (κ3) is 3.10. The van der Waals surface area contributed by atoms with Crippen molar-refractivity contribution in [3.63, 3.8) is 0 Å². The van der Waals surface area contributed by atoms with Crippen molar-refractivity contribution in [2.75, 3.05) is 6.61 Å². The van der Waals surface area contributed by atoms with E-state index in [4.69, 9.17) is 5.11 Å². The molecule has 1 unspecified atom stereocenters. The summed E-state index contributed by atoms with van der Waals surface area (Å²) in [5.41, 5.74) is 2.28. The van der Waals surface area contributed by atoms with E-state index in [0.29, 0.717) is 18.9 Å². The van der Waals surface area contributed by atoms with Crippen LogP contribution in [0.4, 0.5) is 0 Å². The lowest BCUT2D eigenvalue weighted by molar-refractivity contribution is -0.122. The molecule has 2 aromatic rings. The maximum atomic E-state index is 12.3. The fourth-order valence-electron chi connectivity index (χ4n) is 3.03. The van der Waals surface area contributed by atoms with Crippen molar-refractivity contribution in [1.29, 1.82) is 0 Å². The van der Waals surface area contributed by atoms with Gasteiger partial charge >= 0.3 is 0 Å². The van der Waals surface area contributed by atoms with Crippen molar-refractivity contribution in [3.05, 3.63) is 36.0 Å². The number of nitrogens with one attached hydrogen (secondary N) is 1. The number of benzene rings is 1. The van der Waals surface area contributed by atoms with Crippen LogP contribution in [0.5, 0.6) is 0 Å². The van der Waals surface area contributed by atoms with Crippen molar-refractivity contribution in [2.45, 2.75) is 38.8 Å². The summed E-state index contributed by atoms with van der Waals surface area (Å²) in [5, 5.41) is 13.4. The second-order valence-corrected chi connectivity index (χ2v) is 5.98. The van der Waals surface area contributed by atoms with Crippen LogP contribution in [0, 0.1) is 12.8 Å². The summed E-state index contributed by atoms with van der Waals surface area (Å²) in [7, 11) is 0. The van der Waals surface area contributed by atoms with Crippen LogP contribution < -0.4 is 5.32 Å². The lowest BCUT2D eigenvalue weighted by atomic mass is 10.1. The van der Waals surface area contributed by atoms with Crippen LogP contribution in [-0.4, -0.2) is 28.2 Å². The van der Waals surface area contributed by atoms with E-state index in [2.05, 4.69) is 18.3 Å². The third-order valence-corrected chi connectivity index (χ3v) is 4.28. The highest BCUT2D eigenvalue weighted by Crippen LogP contribution is 2.33. The first-order valence-electron chi connectivity index (χ1n) is 7.63. The number of aryl methyl sites for hydroxylation is 1. The van der Waals surface area contributed by atoms with Gasteiger partial charge in [-0.3, -0.25) is 4.79 Å². The van der Waals surface area contributed by atoms with Crippen molar-refractivity contribution < 1.29 is 9.90 Å². The summed E-state index contributed by atoms with van der Waals surface area (Å²) in [6.07, 6.45) is 5.01. The summed E-state index contributed by atoms with van der Waals surface area (Å²) in [4.78, 5) is 12.3. The van der Waals surface area contributed by atoms with E-state index >= 15 is 0 Å². The van der Waals surface area contributed by atoms with Gasteiger partial charge in [0.15, 0.2) is 0 Å². The Morgan fingerprint density at radius 3 is 2.90 bits per heavy atom. The van der Waals surface area contributed by atoms with E-state index in [9.17, 15) is 4.79 Å². The minimum absolute atomic E-state index is 0.0288. The van der Waals surface area contributed by atoms with E-state index in [-0.39, 0.29) is 18.6 Å². The van der Waals surface area contributed by atoms with Gasteiger partial charge in [-0.1, -0.05) is 18.2 Å². The van der Waals surface area contributed by atoms with Crippen LogP contribution in [0.3, 0.4) is 0 Å². The monoisotopic (exact) mass is 286 g/mol. The molecule has 1 fully saturated rings. The fourth-order valence-corrected chi connectivity index (χ4v) is 3.03. The molecule has 3 rings (SSSR count). The summed E-state index contributed by atoms with van der Waals surface area (Å²) in [5.74, 6) is 0.588. The Morgan fingerprint density at radius 2 is 2.19 bits per heavy atom. The van der Waals surface area contributed by atoms with Crippen LogP contribution in [0.1, 0.15) is 24.8 Å². The molecule has 0 bridgehead atoms. The van der Waals surface area contributed by atoms with Crippen LogP contribution in [0.15, 0.2) is 30.5 Å². The number of aromatic nitrogens is 1. The smallest absolute Gasteiger partial charge is 0.240 e. The zero-order valence-electron chi connectivity index (χ0n) is 12.4. The van der Waals surface area contributed by atoms with Gasteiger partial charge in [-0.25, -0.2) is 0 Å². The standard InChI is InChI=1S/C17H22N2O2/c1-12-10-19(16-5-3-2-4-14(12)16)11-17(21)18-15(8-9-20)13-6-7-13/h2-5,10,13,15,20H,6-9,11H2,1H3,(H,18,21). The molecule has 1 amide bonds. The van der Waals surface area contributed by atoms with Crippen molar-refractivity contribution >= 4 is 16.8 Å². The molecule has 0 saturated heterocycles. The fraction of sp³-hybridized carbons (Fsp3) is 0.471. The number of nitrogens with zero attached hydrogens (tertiary/aromatic N) is 1. The number of amides is 1. The van der Waals surface area contributed by atoms with E-state index < -0.39 is 0 Å². The van der Waals surface area contributed by atoms with E-state index in [0.717, 1.165) is 18.4 Å². The number of carbonyl (C=O) groups excluding carboxylic acids is 1. The molecule has 1 saturated carbocycles. The van der Waals surface area contributed by atoms with Crippen molar-refractivity contribution in [3.8, 4) is 0 Å². The highest BCUT2D eigenvalue weighted by atomic mass is 16.3. The molecular weight excluding hydrogens is 264 g/mol. The second kappa shape index (κ2) is 5.90. The van der Waals surface area contributed by atoms with Gasteiger partial charge in [-0.15, -0.1) is 0 Å². The van der Waals surface area contributed by atoms with Gasteiger partial charge in [0.2, 0.25) is 5.91 Å². The SMILES string of the molecule is Cc1cn(CC(=O)NC(CCO)C2CC2)c2ccccc12. The molecule has 2 N–H and O–H groups in total. The lowest BCUT2D eigenvalue weighted by Gasteiger charge is -2.17. The molecule has 4 heteroatoms. The van der Waals surface area contributed by atoms with Crippen LogP contribution in [0.2, 0.25) is 0 Å². The number of aliphatic hydroxyl groups excluding tert-OH is 1. The van der Waals surface area contributed by atoms with Gasteiger partial charge in [0.1, 0.15) is 6.54 Å². The highest BCUT2D eigenvalue weighted by molar-refractivity contribution is 5.86. The molecule has 1 heterocycles. The van der Waals surface area contributed by atoms with Crippen molar-refractivity contribution in [1.82, 2.24) is 9.88 Å². The van der Waals surface area contributed by atoms with Gasteiger partial charge in [0.25, 0.3) is 0 Å². The zero-order chi connectivity index (χ0) is 14.8. The topological polar surface area (TPSA) is 54.3 Å². The molecule has 4 nitrogen and oxygen atoms in total. The Kier molecular flexibility index (Phi) is 3.97. The predicted octanol–water partition coefficient (Wildman–Crippen LogP) is 2.23. The number of hydrogen-bond acceptors (Lipinski definition) is 2. The lowest BCUT2D eigenvalue weighted by Crippen LogP contribution is -2.39. The summed E-state index contributed by atoms with van der Waals surface area (Å²) < 4.78 is 2.00. The number of aliphatic hydroxyl groups is 1. The Morgan fingerprint density at radius 1 is 1.43 bits per heavy atom. The first kappa shape index (κ1) is 14.1. The average molecular weight is 286 g/mol. The molecular formula is C17H22N2O2. The first-order valence-corrected chi connectivity index (χ1v) is 7.63. The van der Waals surface area contributed by atoms with Gasteiger partial charge in [0.05, 0.1) is 0 Å². The normalized spacial score (nSPS) is 16.1. The number of carbonyl (C=O) groups is 1. The predicted molar refractivity (Wildman–Crippen MR) is 83.0 cm³/mol. The minimum Gasteiger partial charge on any atom is -0.396 e. The van der Waals surface area contributed by atoms with E-state index in [1.165, 1.54) is 10.9 Å². The molecule has 112 valence electrons. The summed E-state index contributed by atoms with van der Waals surface area (Å²) >= 11 is 0. The third-order valence-electron chi connectivity index (χ3n) is 4.28. The van der Waals surface area contributed by atoms with E-state index in [1.54, 1.807) is 0 Å². The molecule has 21 heavy (non-hydrogen) atoms. The quantitative estimate of drug-likeness (QED) is 0.855. The highest BCUT2D eigenvalue weighted by Gasteiger charge is 2.31. The van der Waals surface area contributed by atoms with Crippen LogP contribution in [0.25, 0.3) is 10.9 Å². The summed E-state index contributed by atoms with van der Waals surface area (Å²) in [6.45, 7) is 2.53. The van der Waals surface area contributed by atoms with Gasteiger partial charge in [-0.05, 0) is 43.7 Å².